The van der Waals surface area contributed by atoms with Crippen molar-refractivity contribution in [1.82, 2.24) is 0 Å². The normalized spacial score (nSPS) is 18.7. The smallest absolute Gasteiger partial charge is 0.228 e. The summed E-state index contributed by atoms with van der Waals surface area (Å²) in [4.78, 5) is 10.1. The summed E-state index contributed by atoms with van der Waals surface area (Å²) >= 11 is 0. The first-order valence-corrected chi connectivity index (χ1v) is 15.5. The summed E-state index contributed by atoms with van der Waals surface area (Å²) in [7, 11) is 0. The van der Waals surface area contributed by atoms with Crippen LogP contribution >= 0.6 is 0 Å². The van der Waals surface area contributed by atoms with Crippen LogP contribution in [0.5, 0.6) is 5.75 Å². The van der Waals surface area contributed by atoms with Crippen LogP contribution in [0.25, 0.3) is 21.9 Å². The second kappa shape index (κ2) is 9.90. The lowest BCUT2D eigenvalue weighted by Gasteiger charge is -2.48. The van der Waals surface area contributed by atoms with E-state index in [1.165, 1.54) is 44.6 Å². The molecule has 218 valence electrons. The average molecular weight is 560 g/mol. The molecule has 0 N–H and O–H groups in total. The molecule has 2 heterocycles. The van der Waals surface area contributed by atoms with Crippen molar-refractivity contribution in [3.8, 4) is 16.9 Å². The van der Waals surface area contributed by atoms with E-state index in [-0.39, 0.29) is 10.8 Å². The van der Waals surface area contributed by atoms with E-state index < -0.39 is 5.72 Å². The fraction of sp³-hybridized carbons (Fsp3) is 0.395. The molecule has 1 atom stereocenters. The van der Waals surface area contributed by atoms with Crippen LogP contribution < -0.4 is 14.5 Å². The van der Waals surface area contributed by atoms with Crippen molar-refractivity contribution in [2.24, 2.45) is 10.4 Å². The molecule has 6 rings (SSSR count). The molecular formula is C38H45N3O. The SMILES string of the molecule is CCN(CC)c1ccc(-c2cc3c(c4ccccc24)OC2(C=N3)N(CC(C)(C)C)c3ccc(C)c(C)c3C2(C)C)cc1. The highest BCUT2D eigenvalue weighted by Crippen LogP contribution is 2.57. The number of fused-ring (bicyclic) bond motifs is 4. The number of aryl methyl sites for hydroxylation is 1. The Kier molecular flexibility index (Phi) is 6.68. The number of hydrogen-bond acceptors (Lipinski definition) is 4. The first kappa shape index (κ1) is 28.3. The molecule has 42 heavy (non-hydrogen) atoms. The van der Waals surface area contributed by atoms with Crippen LogP contribution in [0.3, 0.4) is 0 Å². The Hall–Kier alpha value is -3.79. The third kappa shape index (κ3) is 4.21. The van der Waals surface area contributed by atoms with E-state index in [1.54, 1.807) is 0 Å². The van der Waals surface area contributed by atoms with Crippen molar-refractivity contribution >= 4 is 34.0 Å². The molecule has 0 aliphatic carbocycles. The number of benzene rings is 4. The van der Waals surface area contributed by atoms with Gasteiger partial charge in [0, 0.05) is 36.4 Å². The Bertz CT molecular complexity index is 1690. The summed E-state index contributed by atoms with van der Waals surface area (Å²) in [5, 5.41) is 2.28. The van der Waals surface area contributed by atoms with E-state index in [2.05, 4.69) is 145 Å². The standard InChI is InChI=1S/C38H45N3O/c1-10-40(11-2)28-19-17-27(18-20-28)31-22-32-35(30-15-13-12-14-29(30)31)42-38(23-39-32)37(8,9)34-26(4)25(3)16-21-33(34)41(38)24-36(5,6)7/h12-23H,10-11,24H2,1-9H3. The molecule has 4 aromatic rings. The molecule has 0 fully saturated rings. The van der Waals surface area contributed by atoms with Crippen LogP contribution in [0.1, 0.15) is 65.2 Å². The van der Waals surface area contributed by atoms with Crippen LogP contribution in [0, 0.1) is 19.3 Å². The summed E-state index contributed by atoms with van der Waals surface area (Å²) in [5.74, 6) is 0.866. The maximum atomic E-state index is 7.39. The summed E-state index contributed by atoms with van der Waals surface area (Å²) < 4.78 is 7.39. The lowest BCUT2D eigenvalue weighted by Crippen LogP contribution is -2.63. The van der Waals surface area contributed by atoms with Gasteiger partial charge in [-0.3, -0.25) is 4.99 Å². The van der Waals surface area contributed by atoms with Gasteiger partial charge in [-0.1, -0.05) is 63.2 Å². The van der Waals surface area contributed by atoms with Crippen molar-refractivity contribution in [3.05, 3.63) is 83.4 Å². The van der Waals surface area contributed by atoms with Crippen LogP contribution in [0.4, 0.5) is 17.1 Å². The van der Waals surface area contributed by atoms with E-state index >= 15 is 0 Å². The Morgan fingerprint density at radius 2 is 1.55 bits per heavy atom. The quantitative estimate of drug-likeness (QED) is 0.244. The van der Waals surface area contributed by atoms with Crippen molar-refractivity contribution < 1.29 is 4.74 Å². The summed E-state index contributed by atoms with van der Waals surface area (Å²) in [5.41, 5.74) is 8.75. The van der Waals surface area contributed by atoms with Crippen molar-refractivity contribution in [2.45, 2.75) is 73.5 Å². The largest absolute Gasteiger partial charge is 0.459 e. The van der Waals surface area contributed by atoms with Crippen LogP contribution in [0.2, 0.25) is 0 Å². The lowest BCUT2D eigenvalue weighted by atomic mass is 9.75. The zero-order valence-electron chi connectivity index (χ0n) is 26.8. The third-order valence-corrected chi connectivity index (χ3v) is 9.48. The minimum absolute atomic E-state index is 0.0597. The Morgan fingerprint density at radius 3 is 2.19 bits per heavy atom. The molecule has 1 unspecified atom stereocenters. The van der Waals surface area contributed by atoms with E-state index in [4.69, 9.17) is 9.73 Å². The molecule has 2 aliphatic rings. The predicted octanol–water partition coefficient (Wildman–Crippen LogP) is 9.60. The fourth-order valence-corrected chi connectivity index (χ4v) is 7.16. The molecule has 2 aliphatic heterocycles. The van der Waals surface area contributed by atoms with Gasteiger partial charge < -0.3 is 14.5 Å². The van der Waals surface area contributed by atoms with Gasteiger partial charge in [0.25, 0.3) is 0 Å². The average Bonchev–Trinajstić information content (AvgIpc) is 3.13. The molecule has 0 radical (unpaired) electrons. The highest BCUT2D eigenvalue weighted by molar-refractivity contribution is 6.05. The van der Waals surface area contributed by atoms with Gasteiger partial charge in [0.2, 0.25) is 5.72 Å². The third-order valence-electron chi connectivity index (χ3n) is 9.48. The minimum Gasteiger partial charge on any atom is -0.459 e. The first-order valence-electron chi connectivity index (χ1n) is 15.5. The number of aliphatic imine (C=N–C) groups is 1. The lowest BCUT2D eigenvalue weighted by molar-refractivity contribution is 0.0729. The van der Waals surface area contributed by atoms with Crippen molar-refractivity contribution in [3.63, 3.8) is 0 Å². The first-order chi connectivity index (χ1) is 19.9. The van der Waals surface area contributed by atoms with E-state index in [0.717, 1.165) is 36.5 Å². The second-order valence-electron chi connectivity index (χ2n) is 13.8. The maximum absolute atomic E-state index is 7.39. The molecule has 0 bridgehead atoms. The number of rotatable bonds is 5. The van der Waals surface area contributed by atoms with Gasteiger partial charge in [0.1, 0.15) is 5.69 Å². The second-order valence-corrected chi connectivity index (χ2v) is 13.8. The fourth-order valence-electron chi connectivity index (χ4n) is 7.16. The Labute approximate surface area is 252 Å². The van der Waals surface area contributed by atoms with Gasteiger partial charge in [0.05, 0.1) is 11.6 Å². The van der Waals surface area contributed by atoms with Gasteiger partial charge in [-0.05, 0) is 104 Å². The monoisotopic (exact) mass is 559 g/mol. The zero-order chi connectivity index (χ0) is 30.0. The molecule has 4 aromatic carbocycles. The molecule has 4 nitrogen and oxygen atoms in total. The number of ether oxygens (including phenoxy) is 1. The zero-order valence-corrected chi connectivity index (χ0v) is 26.8. The molecule has 0 saturated carbocycles. The Morgan fingerprint density at radius 1 is 0.881 bits per heavy atom. The molecule has 0 saturated heterocycles. The molecule has 4 heteroatoms. The predicted molar refractivity (Wildman–Crippen MR) is 180 cm³/mol. The number of nitrogens with zero attached hydrogens (tertiary/aromatic N) is 3. The molecule has 0 aromatic heterocycles. The summed E-state index contributed by atoms with van der Waals surface area (Å²) in [6.45, 7) is 23.3. The van der Waals surface area contributed by atoms with Gasteiger partial charge in [-0.2, -0.15) is 0 Å². The maximum Gasteiger partial charge on any atom is 0.228 e. The Balaban J connectivity index is 1.52. The van der Waals surface area contributed by atoms with Gasteiger partial charge in [-0.15, -0.1) is 0 Å². The topological polar surface area (TPSA) is 28.1 Å². The van der Waals surface area contributed by atoms with Crippen molar-refractivity contribution in [2.75, 3.05) is 29.4 Å². The highest BCUT2D eigenvalue weighted by Gasteiger charge is 2.61. The minimum atomic E-state index is -0.746. The van der Waals surface area contributed by atoms with E-state index in [9.17, 15) is 0 Å². The summed E-state index contributed by atoms with van der Waals surface area (Å²) in [6, 6.07) is 24.3. The summed E-state index contributed by atoms with van der Waals surface area (Å²) in [6.07, 6.45) is 2.10. The van der Waals surface area contributed by atoms with E-state index in [1.807, 2.05) is 0 Å². The molecular weight excluding hydrogens is 514 g/mol. The van der Waals surface area contributed by atoms with E-state index in [0.29, 0.717) is 0 Å². The number of anilines is 2. The van der Waals surface area contributed by atoms with Crippen LogP contribution in [-0.4, -0.2) is 31.6 Å². The molecule has 1 spiro atoms. The highest BCUT2D eigenvalue weighted by atomic mass is 16.5. The van der Waals surface area contributed by atoms with Gasteiger partial charge in [-0.25, -0.2) is 0 Å². The van der Waals surface area contributed by atoms with Gasteiger partial charge in [0.15, 0.2) is 5.75 Å². The van der Waals surface area contributed by atoms with Crippen LogP contribution in [0.15, 0.2) is 71.7 Å². The molecule has 0 amide bonds. The van der Waals surface area contributed by atoms with Crippen molar-refractivity contribution in [1.29, 1.82) is 0 Å². The van der Waals surface area contributed by atoms with Crippen LogP contribution in [-0.2, 0) is 5.41 Å². The van der Waals surface area contributed by atoms with Gasteiger partial charge >= 0.3 is 0 Å². The number of hydrogen-bond donors (Lipinski definition) is 0.